The van der Waals surface area contributed by atoms with Gasteiger partial charge in [0.2, 0.25) is 0 Å². The Bertz CT molecular complexity index is 246. The van der Waals surface area contributed by atoms with Gasteiger partial charge in [-0.3, -0.25) is 4.99 Å². The lowest BCUT2D eigenvalue weighted by molar-refractivity contribution is 1.07. The number of fused-ring (bicyclic) bond motifs is 1. The molecule has 0 spiro atoms. The number of nitrogens with zero attached hydrogens (tertiary/aromatic N) is 1. The van der Waals surface area contributed by atoms with Crippen molar-refractivity contribution < 1.29 is 0 Å². The molecule has 0 saturated carbocycles. The van der Waals surface area contributed by atoms with Gasteiger partial charge in [-0.15, -0.1) is 0 Å². The van der Waals surface area contributed by atoms with Crippen LogP contribution in [-0.4, -0.2) is 12.3 Å². The van der Waals surface area contributed by atoms with Crippen LogP contribution in [0.1, 0.15) is 6.92 Å². The van der Waals surface area contributed by atoms with Gasteiger partial charge in [0, 0.05) is 17.5 Å². The average molecular weight is 120 g/mol. The number of aliphatic imine (C=N–C) groups is 1. The fourth-order valence-electron chi connectivity index (χ4n) is 1.19. The molecular weight excluding hydrogens is 112 g/mol. The van der Waals surface area contributed by atoms with Crippen LogP contribution < -0.4 is 5.73 Å². The minimum Gasteiger partial charge on any atom is -0.398 e. The van der Waals surface area contributed by atoms with Crippen LogP contribution in [0.15, 0.2) is 27.9 Å². The van der Waals surface area contributed by atoms with Crippen LogP contribution in [0, 0.1) is 0 Å². The summed E-state index contributed by atoms with van der Waals surface area (Å²) < 4.78 is 0. The number of nitrogens with two attached hydrogens (primary N) is 1. The molecule has 1 heterocycles. The summed E-state index contributed by atoms with van der Waals surface area (Å²) in [6.45, 7) is 2.07. The molecule has 1 aliphatic heterocycles. The smallest absolute Gasteiger partial charge is 0.0984 e. The first kappa shape index (κ1) is 4.79. The summed E-state index contributed by atoms with van der Waals surface area (Å²) >= 11 is 0. The third-order valence-electron chi connectivity index (χ3n) is 1.83. The second-order valence-corrected chi connectivity index (χ2v) is 2.42. The molecule has 2 nitrogen and oxygen atoms in total. The highest BCUT2D eigenvalue weighted by molar-refractivity contribution is 5.80. The van der Waals surface area contributed by atoms with Crippen molar-refractivity contribution in [3.63, 3.8) is 0 Å². The molecule has 0 aromatic rings. The Labute approximate surface area is 53.8 Å². The molecule has 9 heavy (non-hydrogen) atoms. The molecule has 0 aromatic carbocycles. The molecule has 2 rings (SSSR count). The fraction of sp³-hybridized carbons (Fsp3) is 0.286. The summed E-state index contributed by atoms with van der Waals surface area (Å²) in [6.07, 6.45) is 3.63. The first-order valence-corrected chi connectivity index (χ1v) is 3.00. The number of hydrogen-bond acceptors (Lipinski definition) is 2. The molecule has 0 bridgehead atoms. The predicted octanol–water partition coefficient (Wildman–Crippen LogP) is 0.612. The lowest BCUT2D eigenvalue weighted by atomic mass is 10.3. The van der Waals surface area contributed by atoms with Crippen molar-refractivity contribution >= 4 is 6.21 Å². The molecule has 1 atom stereocenters. The van der Waals surface area contributed by atoms with Gasteiger partial charge >= 0.3 is 0 Å². The van der Waals surface area contributed by atoms with Crippen molar-refractivity contribution in [3.8, 4) is 0 Å². The quantitative estimate of drug-likeness (QED) is 0.499. The van der Waals surface area contributed by atoms with Gasteiger partial charge in [0.05, 0.1) is 6.04 Å². The monoisotopic (exact) mass is 120 g/mol. The van der Waals surface area contributed by atoms with Crippen molar-refractivity contribution in [3.05, 3.63) is 22.9 Å². The zero-order valence-corrected chi connectivity index (χ0v) is 5.26. The van der Waals surface area contributed by atoms with E-state index in [2.05, 4.69) is 11.9 Å². The van der Waals surface area contributed by atoms with E-state index in [-0.39, 0.29) is 0 Å². The average Bonchev–Trinajstić information content (AvgIpc) is 2.45. The Morgan fingerprint density at radius 2 is 2.44 bits per heavy atom. The van der Waals surface area contributed by atoms with E-state index >= 15 is 0 Å². The number of allylic oxidation sites excluding steroid dienone is 1. The molecule has 2 N–H and O–H groups in total. The van der Waals surface area contributed by atoms with Crippen molar-refractivity contribution in [2.75, 3.05) is 0 Å². The van der Waals surface area contributed by atoms with E-state index in [0.717, 1.165) is 5.70 Å². The van der Waals surface area contributed by atoms with E-state index in [1.165, 1.54) is 11.1 Å². The van der Waals surface area contributed by atoms with E-state index in [9.17, 15) is 0 Å². The molecule has 1 unspecified atom stereocenters. The van der Waals surface area contributed by atoms with Crippen LogP contribution in [0.25, 0.3) is 0 Å². The summed E-state index contributed by atoms with van der Waals surface area (Å²) in [5.41, 5.74) is 9.10. The van der Waals surface area contributed by atoms with Crippen LogP contribution in [-0.2, 0) is 0 Å². The van der Waals surface area contributed by atoms with Crippen molar-refractivity contribution in [2.45, 2.75) is 13.0 Å². The predicted molar refractivity (Wildman–Crippen MR) is 37.3 cm³/mol. The largest absolute Gasteiger partial charge is 0.398 e. The first-order valence-electron chi connectivity index (χ1n) is 3.00. The van der Waals surface area contributed by atoms with Gasteiger partial charge in [0.15, 0.2) is 0 Å². The molecule has 0 amide bonds. The van der Waals surface area contributed by atoms with Crippen molar-refractivity contribution in [1.82, 2.24) is 0 Å². The summed E-state index contributed by atoms with van der Waals surface area (Å²) in [4.78, 5) is 4.18. The van der Waals surface area contributed by atoms with Crippen LogP contribution >= 0.6 is 0 Å². The Morgan fingerprint density at radius 1 is 1.67 bits per heavy atom. The van der Waals surface area contributed by atoms with Gasteiger partial charge < -0.3 is 5.73 Å². The molecular formula is C7H8N2. The zero-order valence-electron chi connectivity index (χ0n) is 5.26. The van der Waals surface area contributed by atoms with Gasteiger partial charge in [-0.25, -0.2) is 0 Å². The Balaban J connectivity index is 2.42. The third-order valence-corrected chi connectivity index (χ3v) is 1.83. The van der Waals surface area contributed by atoms with Crippen molar-refractivity contribution in [1.29, 1.82) is 0 Å². The highest BCUT2D eigenvalue weighted by Crippen LogP contribution is 2.39. The van der Waals surface area contributed by atoms with Crippen LogP contribution in [0.4, 0.5) is 0 Å². The standard InChI is InChI=1S/C7H8N2/c1-4-6-5(8)2-3-9-7(4)6/h2-3,7H,8H2,1H3. The summed E-state index contributed by atoms with van der Waals surface area (Å²) in [5.74, 6) is 0. The SMILES string of the molecule is CC1=C2C(N)=CC=NC12. The first-order chi connectivity index (χ1) is 4.30. The summed E-state index contributed by atoms with van der Waals surface area (Å²) in [6, 6.07) is 0.356. The van der Waals surface area contributed by atoms with Gasteiger partial charge in [0.1, 0.15) is 0 Å². The molecule has 0 aromatic heterocycles. The van der Waals surface area contributed by atoms with Gasteiger partial charge in [-0.2, -0.15) is 0 Å². The normalized spacial score (nSPS) is 29.9. The zero-order chi connectivity index (χ0) is 6.43. The summed E-state index contributed by atoms with van der Waals surface area (Å²) in [5, 5.41) is 0. The van der Waals surface area contributed by atoms with E-state index in [4.69, 9.17) is 5.73 Å². The van der Waals surface area contributed by atoms with Crippen LogP contribution in [0.2, 0.25) is 0 Å². The minimum atomic E-state index is 0.356. The maximum Gasteiger partial charge on any atom is 0.0984 e. The second-order valence-electron chi connectivity index (χ2n) is 2.42. The lowest BCUT2D eigenvalue weighted by Gasteiger charge is -1.97. The summed E-state index contributed by atoms with van der Waals surface area (Å²) in [7, 11) is 0. The molecule has 0 saturated heterocycles. The third kappa shape index (κ3) is 0.474. The van der Waals surface area contributed by atoms with E-state index in [1.807, 2.05) is 6.08 Å². The fourth-order valence-corrected chi connectivity index (χ4v) is 1.19. The maximum absolute atomic E-state index is 5.62. The van der Waals surface area contributed by atoms with Gasteiger partial charge in [0.25, 0.3) is 0 Å². The highest BCUT2D eigenvalue weighted by Gasteiger charge is 2.34. The van der Waals surface area contributed by atoms with E-state index < -0.39 is 0 Å². The lowest BCUT2D eigenvalue weighted by Crippen LogP contribution is -2.02. The molecule has 0 radical (unpaired) electrons. The molecule has 46 valence electrons. The van der Waals surface area contributed by atoms with E-state index in [1.54, 1.807) is 6.21 Å². The van der Waals surface area contributed by atoms with Gasteiger partial charge in [-0.1, -0.05) is 0 Å². The second kappa shape index (κ2) is 1.26. The topological polar surface area (TPSA) is 38.4 Å². The number of rotatable bonds is 0. The Morgan fingerprint density at radius 3 is 3.00 bits per heavy atom. The van der Waals surface area contributed by atoms with E-state index in [0.29, 0.717) is 6.04 Å². The van der Waals surface area contributed by atoms with Crippen LogP contribution in [0.3, 0.4) is 0 Å². The van der Waals surface area contributed by atoms with Crippen LogP contribution in [0.5, 0.6) is 0 Å². The molecule has 2 aliphatic rings. The Kier molecular flexibility index (Phi) is 0.673. The van der Waals surface area contributed by atoms with Crippen molar-refractivity contribution in [2.24, 2.45) is 10.7 Å². The Hall–Kier alpha value is -1.05. The molecule has 2 heteroatoms. The number of hydrogen-bond donors (Lipinski definition) is 1. The molecule has 1 aliphatic carbocycles. The highest BCUT2D eigenvalue weighted by atomic mass is 14.9. The molecule has 0 fully saturated rings. The van der Waals surface area contributed by atoms with Gasteiger partial charge in [-0.05, 0) is 18.6 Å². The minimum absolute atomic E-state index is 0.356. The number of dihydropyridines is 1. The maximum atomic E-state index is 5.62.